The minimum absolute atomic E-state index is 0. The minimum Gasteiger partial charge on any atom is -0.512 e. The van der Waals surface area contributed by atoms with Crippen LogP contribution in [0.1, 0.15) is 19.4 Å². The van der Waals surface area contributed by atoms with E-state index < -0.39 is 0 Å². The van der Waals surface area contributed by atoms with Crippen LogP contribution < -0.4 is 0 Å². The average molecular weight is 529 g/mol. The fourth-order valence-corrected chi connectivity index (χ4v) is 2.37. The summed E-state index contributed by atoms with van der Waals surface area (Å²) in [5, 5.41) is 10.4. The van der Waals surface area contributed by atoms with E-state index in [9.17, 15) is 9.18 Å². The number of aryl methyl sites for hydroxylation is 1. The molecule has 1 radical (unpaired) electrons. The number of benzene rings is 2. The monoisotopic (exact) mass is 529 g/mol. The van der Waals surface area contributed by atoms with Gasteiger partial charge >= 0.3 is 0 Å². The van der Waals surface area contributed by atoms with Crippen LogP contribution in [0.2, 0.25) is 0 Å². The molecule has 137 valence electrons. The third-order valence-corrected chi connectivity index (χ3v) is 3.45. The number of allylic oxidation sites excluding steroid dienone is 2. The maximum absolute atomic E-state index is 14.1. The Morgan fingerprint density at radius 3 is 2.50 bits per heavy atom. The first-order chi connectivity index (χ1) is 11.9. The van der Waals surface area contributed by atoms with Crippen molar-refractivity contribution in [2.75, 3.05) is 0 Å². The van der Waals surface area contributed by atoms with Gasteiger partial charge in [0.15, 0.2) is 5.78 Å². The van der Waals surface area contributed by atoms with Crippen LogP contribution in [-0.2, 0) is 24.9 Å². The second kappa shape index (κ2) is 9.95. The molecule has 1 aromatic heterocycles. The second-order valence-electron chi connectivity index (χ2n) is 5.63. The predicted octanol–water partition coefficient (Wildman–Crippen LogP) is 5.18. The Balaban J connectivity index is 0.000000366. The zero-order valence-electron chi connectivity index (χ0n) is 14.7. The van der Waals surface area contributed by atoms with Crippen molar-refractivity contribution < 1.29 is 34.4 Å². The van der Waals surface area contributed by atoms with Crippen molar-refractivity contribution in [1.29, 1.82) is 0 Å². The Hall–Kier alpha value is -2.36. The molecule has 0 spiro atoms. The predicted molar refractivity (Wildman–Crippen MR) is 97.8 cm³/mol. The number of carbonyl (C=O) groups excluding carboxylic acids is 1. The molecule has 0 unspecified atom stereocenters. The zero-order chi connectivity index (χ0) is 18.4. The zero-order valence-corrected chi connectivity index (χ0v) is 17.1. The molecule has 2 aromatic carbocycles. The summed E-state index contributed by atoms with van der Waals surface area (Å²) in [7, 11) is 0. The number of fused-ring (bicyclic) bond motifs is 1. The van der Waals surface area contributed by atoms with E-state index in [-0.39, 0.29) is 37.5 Å². The van der Waals surface area contributed by atoms with Gasteiger partial charge in [-0.25, -0.2) is 0 Å². The molecule has 0 aliphatic heterocycles. The van der Waals surface area contributed by atoms with Gasteiger partial charge in [0.2, 0.25) is 0 Å². The van der Waals surface area contributed by atoms with Gasteiger partial charge in [-0.3, -0.25) is 9.18 Å². The second-order valence-corrected chi connectivity index (χ2v) is 5.63. The Kier molecular flexibility index (Phi) is 8.30. The molecule has 3 rings (SSSR count). The van der Waals surface area contributed by atoms with Crippen molar-refractivity contribution in [2.24, 2.45) is 0 Å². The van der Waals surface area contributed by atoms with Crippen LogP contribution in [0.4, 0.5) is 4.39 Å². The first-order valence-corrected chi connectivity index (χ1v) is 7.79. The molecule has 0 saturated heterocycles. The van der Waals surface area contributed by atoms with Crippen molar-refractivity contribution in [3.8, 4) is 11.3 Å². The fourth-order valence-electron chi connectivity index (χ4n) is 2.37. The normalized spacial score (nSPS) is 10.5. The van der Waals surface area contributed by atoms with Gasteiger partial charge in [-0.2, -0.15) is 0 Å². The number of ketones is 1. The van der Waals surface area contributed by atoms with Gasteiger partial charge in [0, 0.05) is 38.2 Å². The largest absolute Gasteiger partial charge is 0.512 e. The Morgan fingerprint density at radius 1 is 1.19 bits per heavy atom. The molecule has 0 aliphatic carbocycles. The van der Waals surface area contributed by atoms with Crippen LogP contribution in [0.15, 0.2) is 60.5 Å². The number of halogens is 1. The smallest absolute Gasteiger partial charge is 0.155 e. The van der Waals surface area contributed by atoms with Crippen LogP contribution in [0.3, 0.4) is 0 Å². The van der Waals surface area contributed by atoms with Crippen LogP contribution in [-0.4, -0.2) is 15.9 Å². The molecule has 0 amide bonds. The van der Waals surface area contributed by atoms with Gasteiger partial charge in [-0.1, -0.05) is 42.3 Å². The van der Waals surface area contributed by atoms with E-state index in [1.807, 2.05) is 30.3 Å². The summed E-state index contributed by atoms with van der Waals surface area (Å²) in [6.07, 6.45) is 2.87. The van der Waals surface area contributed by atoms with Crippen LogP contribution in [0, 0.1) is 18.8 Å². The average Bonchev–Trinajstić information content (AvgIpc) is 2.56. The standard InChI is InChI=1S/C16H11FN.C5H8O2.Ir/c1-11-5-4-8-14(15(11)17)16-13-7-3-2-6-12(13)9-10-18-16;1-4(6)3-5(2)7;/h2-7,9-10H,1H3;3,6H,1-2H3;/q-1;;. The van der Waals surface area contributed by atoms with Gasteiger partial charge in [0.05, 0.1) is 5.76 Å². The van der Waals surface area contributed by atoms with Crippen molar-refractivity contribution in [3.63, 3.8) is 0 Å². The molecular formula is C21H19FIrNO2-. The molecule has 1 N–H and O–H groups in total. The van der Waals surface area contributed by atoms with Gasteiger partial charge in [-0.05, 0) is 36.4 Å². The number of aliphatic hydroxyl groups is 1. The van der Waals surface area contributed by atoms with Crippen molar-refractivity contribution in [2.45, 2.75) is 20.8 Å². The Morgan fingerprint density at radius 2 is 1.88 bits per heavy atom. The van der Waals surface area contributed by atoms with E-state index in [0.29, 0.717) is 16.8 Å². The van der Waals surface area contributed by atoms with Crippen LogP contribution in [0.25, 0.3) is 22.0 Å². The summed E-state index contributed by atoms with van der Waals surface area (Å²) in [5.74, 6) is -0.311. The number of hydrogen-bond acceptors (Lipinski definition) is 3. The Labute approximate surface area is 165 Å². The molecule has 0 fully saturated rings. The van der Waals surface area contributed by atoms with Gasteiger partial charge in [-0.15, -0.1) is 18.2 Å². The van der Waals surface area contributed by atoms with Gasteiger partial charge in [0.1, 0.15) is 0 Å². The topological polar surface area (TPSA) is 50.2 Å². The first kappa shape index (κ1) is 21.7. The SMILES string of the molecule is CC(=O)C=C(C)O.Cc1cc[c-]c(-c2nccc3ccccc23)c1F.[Ir]. The van der Waals surface area contributed by atoms with Crippen LogP contribution in [0.5, 0.6) is 0 Å². The summed E-state index contributed by atoms with van der Waals surface area (Å²) in [5.41, 5.74) is 1.69. The van der Waals surface area contributed by atoms with Gasteiger partial charge < -0.3 is 10.1 Å². The van der Waals surface area contributed by atoms with E-state index in [2.05, 4.69) is 11.1 Å². The Bertz CT molecular complexity index is 929. The summed E-state index contributed by atoms with van der Waals surface area (Å²) < 4.78 is 14.1. The third kappa shape index (κ3) is 5.58. The molecule has 5 heteroatoms. The van der Waals surface area contributed by atoms with E-state index in [4.69, 9.17) is 5.11 Å². The summed E-state index contributed by atoms with van der Waals surface area (Å²) in [4.78, 5) is 14.3. The number of rotatable bonds is 2. The van der Waals surface area contributed by atoms with E-state index in [1.54, 1.807) is 25.3 Å². The molecule has 0 aliphatic rings. The van der Waals surface area contributed by atoms with E-state index in [0.717, 1.165) is 10.8 Å². The number of aliphatic hydroxyl groups excluding tert-OH is 1. The number of aromatic nitrogens is 1. The molecule has 1 heterocycles. The molecule has 0 atom stereocenters. The fraction of sp³-hybridized carbons (Fsp3) is 0.143. The first-order valence-electron chi connectivity index (χ1n) is 7.79. The summed E-state index contributed by atoms with van der Waals surface area (Å²) in [6.45, 7) is 4.60. The van der Waals surface area contributed by atoms with E-state index >= 15 is 0 Å². The quantitative estimate of drug-likeness (QED) is 0.283. The number of hydrogen-bond donors (Lipinski definition) is 1. The summed E-state index contributed by atoms with van der Waals surface area (Å²) >= 11 is 0. The molecule has 26 heavy (non-hydrogen) atoms. The van der Waals surface area contributed by atoms with Crippen molar-refractivity contribution in [1.82, 2.24) is 4.98 Å². The maximum atomic E-state index is 14.1. The van der Waals surface area contributed by atoms with E-state index in [1.165, 1.54) is 19.9 Å². The van der Waals surface area contributed by atoms with Crippen molar-refractivity contribution in [3.05, 3.63) is 77.9 Å². The maximum Gasteiger partial charge on any atom is 0.155 e. The molecular weight excluding hydrogens is 509 g/mol. The molecule has 0 bridgehead atoms. The van der Waals surface area contributed by atoms with Gasteiger partial charge in [0.25, 0.3) is 0 Å². The summed E-state index contributed by atoms with van der Waals surface area (Å²) in [6, 6.07) is 16.2. The molecule has 3 aromatic rings. The molecule has 0 saturated carbocycles. The number of nitrogens with zero attached hydrogens (tertiary/aromatic N) is 1. The number of pyridine rings is 1. The number of carbonyl (C=O) groups is 1. The molecule has 3 nitrogen and oxygen atoms in total. The minimum atomic E-state index is -0.249. The third-order valence-electron chi connectivity index (χ3n) is 3.45. The van der Waals surface area contributed by atoms with Crippen molar-refractivity contribution >= 4 is 16.6 Å². The van der Waals surface area contributed by atoms with Crippen LogP contribution >= 0.6 is 0 Å².